The lowest BCUT2D eigenvalue weighted by molar-refractivity contribution is 1.06. The van der Waals surface area contributed by atoms with Crippen molar-refractivity contribution in [3.63, 3.8) is 0 Å². The van der Waals surface area contributed by atoms with E-state index in [1.165, 1.54) is 11.3 Å². The van der Waals surface area contributed by atoms with Crippen molar-refractivity contribution in [3.8, 4) is 16.6 Å². The van der Waals surface area contributed by atoms with E-state index in [9.17, 15) is 0 Å². The summed E-state index contributed by atoms with van der Waals surface area (Å²) in [6, 6.07) is 5.69. The van der Waals surface area contributed by atoms with Crippen LogP contribution in [-0.4, -0.2) is 9.97 Å². The van der Waals surface area contributed by atoms with Crippen molar-refractivity contribution in [2.75, 3.05) is 0 Å². The number of nitriles is 1. The fourth-order valence-electron chi connectivity index (χ4n) is 1.26. The van der Waals surface area contributed by atoms with Gasteiger partial charge in [0.05, 0.1) is 16.3 Å². The molecule has 2 rings (SSSR count). The lowest BCUT2D eigenvalue weighted by atomic mass is 10.3. The van der Waals surface area contributed by atoms with Crippen LogP contribution in [0.15, 0.2) is 12.1 Å². The first-order valence-corrected chi connectivity index (χ1v) is 5.82. The lowest BCUT2D eigenvalue weighted by Gasteiger charge is -2.03. The number of hydrogen-bond acceptors (Lipinski definition) is 4. The van der Waals surface area contributed by atoms with Gasteiger partial charge in [-0.15, -0.1) is 11.3 Å². The third-order valence-corrected chi connectivity index (χ3v) is 3.47. The van der Waals surface area contributed by atoms with Crippen molar-refractivity contribution < 1.29 is 0 Å². The van der Waals surface area contributed by atoms with E-state index in [4.69, 9.17) is 16.9 Å². The maximum absolute atomic E-state index is 8.76. The fraction of sp³-hybridized carbons (Fsp3) is 0.182. The summed E-state index contributed by atoms with van der Waals surface area (Å²) >= 11 is 7.41. The molecule has 0 bridgehead atoms. The Morgan fingerprint density at radius 1 is 1.25 bits per heavy atom. The van der Waals surface area contributed by atoms with Crippen LogP contribution in [0.3, 0.4) is 0 Å². The molecule has 0 unspecified atom stereocenters. The smallest absolute Gasteiger partial charge is 0.156 e. The number of aromatic nitrogens is 2. The van der Waals surface area contributed by atoms with Crippen LogP contribution in [0.2, 0.25) is 5.15 Å². The zero-order valence-corrected chi connectivity index (χ0v) is 10.4. The van der Waals surface area contributed by atoms with E-state index in [1.807, 2.05) is 19.9 Å². The number of nitrogens with zero attached hydrogens (tertiary/aromatic N) is 3. The van der Waals surface area contributed by atoms with Gasteiger partial charge in [0.25, 0.3) is 0 Å². The molecule has 3 nitrogen and oxygen atoms in total. The molecule has 16 heavy (non-hydrogen) atoms. The van der Waals surface area contributed by atoms with Gasteiger partial charge in [0.1, 0.15) is 16.6 Å². The number of thiophene rings is 1. The van der Waals surface area contributed by atoms with E-state index in [-0.39, 0.29) is 0 Å². The third-order valence-electron chi connectivity index (χ3n) is 2.21. The van der Waals surface area contributed by atoms with Crippen LogP contribution in [0.5, 0.6) is 0 Å². The zero-order chi connectivity index (χ0) is 11.7. The van der Waals surface area contributed by atoms with Crippen LogP contribution in [0.25, 0.3) is 10.6 Å². The van der Waals surface area contributed by atoms with E-state index in [2.05, 4.69) is 16.0 Å². The normalized spacial score (nSPS) is 10.1. The molecule has 0 fully saturated rings. The predicted octanol–water partition coefficient (Wildman–Crippen LogP) is 3.35. The Morgan fingerprint density at radius 2 is 1.94 bits per heavy atom. The highest BCUT2D eigenvalue weighted by Gasteiger charge is 2.11. The molecule has 0 spiro atoms. The molecule has 0 aromatic carbocycles. The molecule has 0 atom stereocenters. The zero-order valence-electron chi connectivity index (χ0n) is 8.78. The maximum Gasteiger partial charge on any atom is 0.156 e. The first kappa shape index (κ1) is 11.1. The molecule has 2 heterocycles. The average Bonchev–Trinajstić information content (AvgIpc) is 2.71. The lowest BCUT2D eigenvalue weighted by Crippen LogP contribution is -1.95. The highest BCUT2D eigenvalue weighted by molar-refractivity contribution is 7.16. The Bertz CT molecular complexity index is 583. The summed E-state index contributed by atoms with van der Waals surface area (Å²) in [6.45, 7) is 3.76. The minimum Gasteiger partial charge on any atom is -0.247 e. The van der Waals surface area contributed by atoms with E-state index >= 15 is 0 Å². The molecule has 0 radical (unpaired) electrons. The minimum atomic E-state index is 0.384. The van der Waals surface area contributed by atoms with Crippen LogP contribution < -0.4 is 0 Å². The van der Waals surface area contributed by atoms with E-state index < -0.39 is 0 Å². The molecular formula is C11H8ClN3S. The molecular weight excluding hydrogens is 242 g/mol. The van der Waals surface area contributed by atoms with Gasteiger partial charge in [0.15, 0.2) is 5.15 Å². The number of rotatable bonds is 1. The second-order valence-corrected chi connectivity index (χ2v) is 4.75. The molecule has 0 amide bonds. The summed E-state index contributed by atoms with van der Waals surface area (Å²) < 4.78 is 0. The Kier molecular flexibility index (Phi) is 2.90. The summed E-state index contributed by atoms with van der Waals surface area (Å²) in [6.07, 6.45) is 0. The second-order valence-electron chi connectivity index (χ2n) is 3.31. The van der Waals surface area contributed by atoms with Crippen molar-refractivity contribution in [2.45, 2.75) is 13.8 Å². The molecule has 0 saturated heterocycles. The summed E-state index contributed by atoms with van der Waals surface area (Å²) in [4.78, 5) is 10.1. The summed E-state index contributed by atoms with van der Waals surface area (Å²) in [5.41, 5.74) is 2.33. The van der Waals surface area contributed by atoms with Crippen LogP contribution in [-0.2, 0) is 0 Å². The summed E-state index contributed by atoms with van der Waals surface area (Å²) in [5.74, 6) is 0. The minimum absolute atomic E-state index is 0.384. The Morgan fingerprint density at radius 3 is 2.56 bits per heavy atom. The summed E-state index contributed by atoms with van der Waals surface area (Å²) in [7, 11) is 0. The van der Waals surface area contributed by atoms with Gasteiger partial charge in [-0.1, -0.05) is 11.6 Å². The maximum atomic E-state index is 8.76. The highest BCUT2D eigenvalue weighted by Crippen LogP contribution is 2.31. The molecule has 0 aliphatic rings. The summed E-state index contributed by atoms with van der Waals surface area (Å²) in [5, 5.41) is 9.14. The van der Waals surface area contributed by atoms with Crippen molar-refractivity contribution in [1.29, 1.82) is 5.26 Å². The van der Waals surface area contributed by atoms with Crippen LogP contribution >= 0.6 is 22.9 Å². The van der Waals surface area contributed by atoms with E-state index in [0.717, 1.165) is 16.3 Å². The number of halogens is 1. The molecule has 0 aliphatic carbocycles. The van der Waals surface area contributed by atoms with Gasteiger partial charge < -0.3 is 0 Å². The number of aryl methyl sites for hydroxylation is 2. The molecule has 2 aromatic heterocycles. The number of hydrogen-bond donors (Lipinski definition) is 0. The molecule has 0 saturated carbocycles. The van der Waals surface area contributed by atoms with Gasteiger partial charge in [-0.25, -0.2) is 9.97 Å². The molecule has 5 heteroatoms. The standard InChI is InChI=1S/C11H8ClN3S/c1-6-7(2)15-11(12)10(14-6)9-4-3-8(5-13)16-9/h3-4H,1-2H3. The van der Waals surface area contributed by atoms with Crippen molar-refractivity contribution >= 4 is 22.9 Å². The Labute approximate surface area is 102 Å². The van der Waals surface area contributed by atoms with Gasteiger partial charge in [-0.2, -0.15) is 5.26 Å². The SMILES string of the molecule is Cc1nc(Cl)c(-c2ccc(C#N)s2)nc1C. The molecule has 80 valence electrons. The van der Waals surface area contributed by atoms with Crippen LogP contribution in [0.4, 0.5) is 0 Å². The van der Waals surface area contributed by atoms with Gasteiger partial charge >= 0.3 is 0 Å². The fourth-order valence-corrected chi connectivity index (χ4v) is 2.38. The first-order chi connectivity index (χ1) is 7.61. The van der Waals surface area contributed by atoms with Crippen LogP contribution in [0.1, 0.15) is 16.3 Å². The van der Waals surface area contributed by atoms with Crippen molar-refractivity contribution in [3.05, 3.63) is 33.6 Å². The first-order valence-electron chi connectivity index (χ1n) is 4.63. The van der Waals surface area contributed by atoms with Gasteiger partial charge in [-0.05, 0) is 26.0 Å². The largest absolute Gasteiger partial charge is 0.247 e. The quantitative estimate of drug-likeness (QED) is 0.779. The highest BCUT2D eigenvalue weighted by atomic mass is 35.5. The molecule has 2 aromatic rings. The van der Waals surface area contributed by atoms with Gasteiger partial charge in [0.2, 0.25) is 0 Å². The second kappa shape index (κ2) is 4.20. The Hall–Kier alpha value is -1.44. The van der Waals surface area contributed by atoms with Gasteiger partial charge in [-0.3, -0.25) is 0 Å². The van der Waals surface area contributed by atoms with Crippen LogP contribution in [0, 0.1) is 25.2 Å². The van der Waals surface area contributed by atoms with Crippen molar-refractivity contribution in [1.82, 2.24) is 9.97 Å². The van der Waals surface area contributed by atoms with E-state index in [1.54, 1.807) is 6.07 Å². The molecule has 0 aliphatic heterocycles. The van der Waals surface area contributed by atoms with Crippen molar-refractivity contribution in [2.24, 2.45) is 0 Å². The van der Waals surface area contributed by atoms with Gasteiger partial charge in [0, 0.05) is 0 Å². The Balaban J connectivity index is 2.56. The molecule has 0 N–H and O–H groups in total. The monoisotopic (exact) mass is 249 g/mol. The third kappa shape index (κ3) is 1.92. The van der Waals surface area contributed by atoms with E-state index in [0.29, 0.717) is 15.7 Å². The topological polar surface area (TPSA) is 49.6 Å². The predicted molar refractivity (Wildman–Crippen MR) is 64.5 cm³/mol. The average molecular weight is 250 g/mol.